The number of hydrogen-bond acceptors (Lipinski definition) is 5. The molecular formula is C12H16N2O3S. The van der Waals surface area contributed by atoms with Crippen LogP contribution in [0.15, 0.2) is 0 Å². The van der Waals surface area contributed by atoms with E-state index < -0.39 is 5.97 Å². The molecule has 2 atom stereocenters. The Morgan fingerprint density at radius 2 is 2.28 bits per heavy atom. The van der Waals surface area contributed by atoms with Gasteiger partial charge in [0.2, 0.25) is 0 Å². The fourth-order valence-electron chi connectivity index (χ4n) is 2.47. The van der Waals surface area contributed by atoms with Crippen LogP contribution in [0, 0.1) is 12.8 Å². The van der Waals surface area contributed by atoms with Crippen LogP contribution in [0.4, 0.5) is 5.13 Å². The lowest BCUT2D eigenvalue weighted by Crippen LogP contribution is -2.30. The van der Waals surface area contributed by atoms with Gasteiger partial charge in [0.15, 0.2) is 5.13 Å². The number of carboxylic acid groups (broad SMARTS) is 1. The quantitative estimate of drug-likeness (QED) is 0.875. The normalized spacial score (nSPS) is 27.4. The first-order chi connectivity index (χ1) is 8.65. The van der Waals surface area contributed by atoms with Crippen molar-refractivity contribution in [2.24, 2.45) is 5.92 Å². The summed E-state index contributed by atoms with van der Waals surface area (Å²) in [5, 5.41) is 13.1. The molecule has 1 aliphatic heterocycles. The van der Waals surface area contributed by atoms with E-state index >= 15 is 0 Å². The molecule has 2 heterocycles. The van der Waals surface area contributed by atoms with Gasteiger partial charge in [-0.25, -0.2) is 9.78 Å². The molecule has 2 N–H and O–H groups in total. The number of anilines is 1. The molecule has 5 nitrogen and oxygen atoms in total. The van der Waals surface area contributed by atoms with Gasteiger partial charge in [0, 0.05) is 6.61 Å². The minimum atomic E-state index is -0.903. The van der Waals surface area contributed by atoms with Crippen LogP contribution < -0.4 is 5.32 Å². The Morgan fingerprint density at radius 1 is 1.50 bits per heavy atom. The van der Waals surface area contributed by atoms with E-state index in [-0.39, 0.29) is 12.1 Å². The molecule has 0 aromatic carbocycles. The Morgan fingerprint density at radius 3 is 2.89 bits per heavy atom. The number of nitrogens with zero attached hydrogens (tertiary/aromatic N) is 1. The third kappa shape index (κ3) is 2.22. The van der Waals surface area contributed by atoms with Gasteiger partial charge in [-0.2, -0.15) is 0 Å². The van der Waals surface area contributed by atoms with E-state index in [0.717, 1.165) is 13.0 Å². The van der Waals surface area contributed by atoms with Crippen molar-refractivity contribution in [1.29, 1.82) is 0 Å². The van der Waals surface area contributed by atoms with Crippen LogP contribution in [0.5, 0.6) is 0 Å². The highest BCUT2D eigenvalue weighted by Gasteiger charge is 2.40. The molecule has 0 amide bonds. The molecule has 2 aliphatic rings. The number of aromatic nitrogens is 1. The topological polar surface area (TPSA) is 71.5 Å². The van der Waals surface area contributed by atoms with Crippen LogP contribution in [0.3, 0.4) is 0 Å². The second-order valence-corrected chi connectivity index (χ2v) is 5.95. The van der Waals surface area contributed by atoms with Gasteiger partial charge in [-0.15, -0.1) is 0 Å². The van der Waals surface area contributed by atoms with Crippen molar-refractivity contribution >= 4 is 22.4 Å². The molecule has 2 fully saturated rings. The number of carbonyl (C=O) groups is 1. The average Bonchev–Trinajstić information content (AvgIpc) is 2.95. The molecule has 1 aliphatic carbocycles. The molecule has 1 aromatic heterocycles. The van der Waals surface area contributed by atoms with Crippen molar-refractivity contribution in [1.82, 2.24) is 4.98 Å². The van der Waals surface area contributed by atoms with Gasteiger partial charge in [0.05, 0.1) is 17.8 Å². The molecule has 1 saturated carbocycles. The highest BCUT2D eigenvalue weighted by molar-refractivity contribution is 7.17. The van der Waals surface area contributed by atoms with E-state index in [2.05, 4.69) is 10.3 Å². The molecule has 6 heteroatoms. The summed E-state index contributed by atoms with van der Waals surface area (Å²) in [5.74, 6) is -0.218. The zero-order valence-electron chi connectivity index (χ0n) is 10.2. The SMILES string of the molecule is Cc1nc(NC2CCOC2C2CC2)sc1C(=O)O. The predicted molar refractivity (Wildman–Crippen MR) is 68.3 cm³/mol. The lowest BCUT2D eigenvalue weighted by atomic mass is 10.1. The largest absolute Gasteiger partial charge is 0.477 e. The maximum Gasteiger partial charge on any atom is 0.347 e. The zero-order valence-corrected chi connectivity index (χ0v) is 11.0. The van der Waals surface area contributed by atoms with E-state index in [4.69, 9.17) is 9.84 Å². The first kappa shape index (κ1) is 11.9. The molecule has 1 saturated heterocycles. The van der Waals surface area contributed by atoms with E-state index in [9.17, 15) is 4.79 Å². The van der Waals surface area contributed by atoms with Gasteiger partial charge in [0.25, 0.3) is 0 Å². The number of thiazole rings is 1. The summed E-state index contributed by atoms with van der Waals surface area (Å²) in [6.07, 6.45) is 3.75. The van der Waals surface area contributed by atoms with Crippen LogP contribution >= 0.6 is 11.3 Å². The van der Waals surface area contributed by atoms with Crippen LogP contribution in [0.2, 0.25) is 0 Å². The van der Waals surface area contributed by atoms with Crippen molar-refractivity contribution in [2.45, 2.75) is 38.3 Å². The van der Waals surface area contributed by atoms with Crippen LogP contribution in [-0.2, 0) is 4.74 Å². The molecule has 2 unspecified atom stereocenters. The predicted octanol–water partition coefficient (Wildman–Crippen LogP) is 2.13. The van der Waals surface area contributed by atoms with Gasteiger partial charge in [0.1, 0.15) is 4.88 Å². The fourth-order valence-corrected chi connectivity index (χ4v) is 3.34. The first-order valence-electron chi connectivity index (χ1n) is 6.24. The third-order valence-corrected chi connectivity index (χ3v) is 4.60. The van der Waals surface area contributed by atoms with Gasteiger partial charge in [-0.3, -0.25) is 0 Å². The van der Waals surface area contributed by atoms with Crippen molar-refractivity contribution in [2.75, 3.05) is 11.9 Å². The Balaban J connectivity index is 1.71. The first-order valence-corrected chi connectivity index (χ1v) is 7.05. The van der Waals surface area contributed by atoms with Gasteiger partial charge >= 0.3 is 5.97 Å². The number of carboxylic acids is 1. The van der Waals surface area contributed by atoms with Crippen LogP contribution in [0.25, 0.3) is 0 Å². The number of aromatic carboxylic acids is 1. The van der Waals surface area contributed by atoms with Crippen LogP contribution in [-0.4, -0.2) is 34.8 Å². The van der Waals surface area contributed by atoms with E-state index in [1.165, 1.54) is 24.2 Å². The highest BCUT2D eigenvalue weighted by Crippen LogP contribution is 2.40. The summed E-state index contributed by atoms with van der Waals surface area (Å²) in [7, 11) is 0. The maximum absolute atomic E-state index is 11.0. The van der Waals surface area contributed by atoms with Crippen molar-refractivity contribution in [3.8, 4) is 0 Å². The summed E-state index contributed by atoms with van der Waals surface area (Å²) in [4.78, 5) is 15.6. The summed E-state index contributed by atoms with van der Waals surface area (Å²) in [6.45, 7) is 2.52. The minimum Gasteiger partial charge on any atom is -0.477 e. The second kappa shape index (κ2) is 4.51. The number of hydrogen-bond donors (Lipinski definition) is 2. The lowest BCUT2D eigenvalue weighted by Gasteiger charge is -2.18. The van der Waals surface area contributed by atoms with E-state index in [0.29, 0.717) is 21.6 Å². The fraction of sp³-hybridized carbons (Fsp3) is 0.667. The molecule has 3 rings (SSSR count). The monoisotopic (exact) mass is 268 g/mol. The summed E-state index contributed by atoms with van der Waals surface area (Å²) in [5.41, 5.74) is 0.580. The molecule has 18 heavy (non-hydrogen) atoms. The number of rotatable bonds is 4. The smallest absolute Gasteiger partial charge is 0.347 e. The third-order valence-electron chi connectivity index (χ3n) is 3.52. The van der Waals surface area contributed by atoms with Gasteiger partial charge in [-0.1, -0.05) is 11.3 Å². The van der Waals surface area contributed by atoms with Gasteiger partial charge in [-0.05, 0) is 32.1 Å². The Kier molecular flexibility index (Phi) is 2.99. The molecule has 0 spiro atoms. The summed E-state index contributed by atoms with van der Waals surface area (Å²) < 4.78 is 5.74. The van der Waals surface area contributed by atoms with E-state index in [1.807, 2.05) is 0 Å². The number of nitrogens with one attached hydrogen (secondary N) is 1. The Hall–Kier alpha value is -1.14. The Bertz CT molecular complexity index is 470. The lowest BCUT2D eigenvalue weighted by molar-refractivity contribution is 0.0701. The van der Waals surface area contributed by atoms with Crippen molar-refractivity contribution in [3.63, 3.8) is 0 Å². The second-order valence-electron chi connectivity index (χ2n) is 4.95. The molecule has 0 bridgehead atoms. The molecule has 98 valence electrons. The van der Waals surface area contributed by atoms with Crippen LogP contribution in [0.1, 0.15) is 34.6 Å². The van der Waals surface area contributed by atoms with E-state index in [1.54, 1.807) is 6.92 Å². The summed E-state index contributed by atoms with van der Waals surface area (Å²) in [6, 6.07) is 0.282. The van der Waals surface area contributed by atoms with Crippen molar-refractivity contribution < 1.29 is 14.6 Å². The Labute approximate surface area is 109 Å². The molecular weight excluding hydrogens is 252 g/mol. The number of aryl methyl sites for hydroxylation is 1. The molecule has 1 aromatic rings. The molecule has 0 radical (unpaired) electrons. The zero-order chi connectivity index (χ0) is 12.7. The number of ether oxygens (including phenoxy) is 1. The summed E-state index contributed by atoms with van der Waals surface area (Å²) >= 11 is 1.21. The minimum absolute atomic E-state index is 0.280. The van der Waals surface area contributed by atoms with Gasteiger partial charge < -0.3 is 15.2 Å². The maximum atomic E-state index is 11.0. The van der Waals surface area contributed by atoms with Crippen molar-refractivity contribution in [3.05, 3.63) is 10.6 Å². The standard InChI is InChI=1S/C12H16N2O3S/c1-6-10(11(15)16)18-12(13-6)14-8-4-5-17-9(8)7-2-3-7/h7-9H,2-5H2,1H3,(H,13,14)(H,15,16). The highest BCUT2D eigenvalue weighted by atomic mass is 32.1. The average molecular weight is 268 g/mol.